The molecule has 134 valence electrons. The maximum absolute atomic E-state index is 11.9. The molecule has 0 aliphatic heterocycles. The van der Waals surface area contributed by atoms with Gasteiger partial charge in [-0.25, -0.2) is 4.79 Å². The van der Waals surface area contributed by atoms with Gasteiger partial charge < -0.3 is 14.6 Å². The summed E-state index contributed by atoms with van der Waals surface area (Å²) in [6.07, 6.45) is -0.578. The molecule has 26 heavy (non-hydrogen) atoms. The monoisotopic (exact) mass is 356 g/mol. The molecule has 0 saturated carbocycles. The Balaban J connectivity index is 1.95. The quantitative estimate of drug-likeness (QED) is 0.300. The van der Waals surface area contributed by atoms with Crippen molar-refractivity contribution >= 4 is 23.4 Å². The van der Waals surface area contributed by atoms with E-state index in [1.807, 2.05) is 0 Å². The fraction of sp³-hybridized carbons (Fsp3) is 0.167. The van der Waals surface area contributed by atoms with Gasteiger partial charge in [-0.1, -0.05) is 30.3 Å². The van der Waals surface area contributed by atoms with Crippen LogP contribution in [-0.2, 0) is 25.7 Å². The van der Waals surface area contributed by atoms with E-state index in [-0.39, 0.29) is 12.3 Å². The molecule has 0 aromatic heterocycles. The van der Waals surface area contributed by atoms with E-state index in [0.29, 0.717) is 11.1 Å². The Morgan fingerprint density at radius 3 is 2.15 bits per heavy atom. The van der Waals surface area contributed by atoms with Crippen molar-refractivity contribution in [3.8, 4) is 0 Å². The second kappa shape index (κ2) is 8.52. The van der Waals surface area contributed by atoms with E-state index in [0.717, 1.165) is 0 Å². The van der Waals surface area contributed by atoms with E-state index in [1.54, 1.807) is 18.2 Å². The molecule has 0 heterocycles. The van der Waals surface area contributed by atoms with Crippen molar-refractivity contribution < 1.29 is 29.2 Å². The molecule has 0 N–H and O–H groups in total. The van der Waals surface area contributed by atoms with Gasteiger partial charge in [0.25, 0.3) is 5.69 Å². The van der Waals surface area contributed by atoms with Gasteiger partial charge in [-0.15, -0.1) is 0 Å². The Morgan fingerprint density at radius 2 is 1.62 bits per heavy atom. The lowest BCUT2D eigenvalue weighted by atomic mass is 9.94. The van der Waals surface area contributed by atoms with E-state index in [2.05, 4.69) is 0 Å². The Kier molecular flexibility index (Phi) is 6.15. The highest BCUT2D eigenvalue weighted by atomic mass is 16.6. The van der Waals surface area contributed by atoms with Crippen molar-refractivity contribution in [1.29, 1.82) is 0 Å². The van der Waals surface area contributed by atoms with E-state index in [4.69, 9.17) is 4.74 Å². The van der Waals surface area contributed by atoms with Crippen LogP contribution >= 0.6 is 0 Å². The van der Waals surface area contributed by atoms with Crippen LogP contribution < -0.4 is 5.11 Å². The predicted octanol–water partition coefficient (Wildman–Crippen LogP) is 1.13. The van der Waals surface area contributed by atoms with Crippen molar-refractivity contribution in [2.75, 3.05) is 0 Å². The highest BCUT2D eigenvalue weighted by Crippen LogP contribution is 2.20. The van der Waals surface area contributed by atoms with Gasteiger partial charge in [0.15, 0.2) is 0 Å². The number of carboxylic acids is 1. The molecule has 0 amide bonds. The summed E-state index contributed by atoms with van der Waals surface area (Å²) < 4.78 is 4.84. The van der Waals surface area contributed by atoms with Crippen LogP contribution in [0.25, 0.3) is 0 Å². The minimum Gasteiger partial charge on any atom is -0.549 e. The first-order valence-electron chi connectivity index (χ1n) is 7.57. The summed E-state index contributed by atoms with van der Waals surface area (Å²) in [6, 6.07) is 13.2. The molecular weight excluding hydrogens is 342 g/mol. The molecule has 0 bridgehead atoms. The van der Waals surface area contributed by atoms with Gasteiger partial charge in [-0.05, 0) is 23.3 Å². The summed E-state index contributed by atoms with van der Waals surface area (Å²) in [6.45, 7) is -0.260. The summed E-state index contributed by atoms with van der Waals surface area (Å²) in [7, 11) is 0. The number of Topliss-reactive ketones (excluding diaryl/α,β-unsaturated/α-hetero) is 1. The van der Waals surface area contributed by atoms with Crippen LogP contribution in [0, 0.1) is 10.1 Å². The summed E-state index contributed by atoms with van der Waals surface area (Å²) in [5, 5.41) is 21.8. The number of hydrogen-bond donors (Lipinski definition) is 0. The lowest BCUT2D eigenvalue weighted by molar-refractivity contribution is -0.384. The average molecular weight is 356 g/mol. The van der Waals surface area contributed by atoms with Crippen LogP contribution in [-0.4, -0.2) is 22.6 Å². The fourth-order valence-electron chi connectivity index (χ4n) is 2.23. The molecule has 0 aliphatic rings. The smallest absolute Gasteiger partial charge is 0.374 e. The molecule has 0 fully saturated rings. The van der Waals surface area contributed by atoms with E-state index < -0.39 is 35.0 Å². The Morgan fingerprint density at radius 1 is 1.00 bits per heavy atom. The second-order valence-electron chi connectivity index (χ2n) is 5.41. The largest absolute Gasteiger partial charge is 0.549 e. The molecule has 1 unspecified atom stereocenters. The van der Waals surface area contributed by atoms with E-state index in [1.165, 1.54) is 36.4 Å². The maximum atomic E-state index is 11.9. The summed E-state index contributed by atoms with van der Waals surface area (Å²) in [5.41, 5.74) is 0.691. The third-order valence-corrected chi connectivity index (χ3v) is 3.62. The van der Waals surface area contributed by atoms with Crippen LogP contribution in [0.15, 0.2) is 54.6 Å². The highest BCUT2D eigenvalue weighted by Gasteiger charge is 2.23. The molecule has 8 nitrogen and oxygen atoms in total. The number of carbonyl (C=O) groups excluding carboxylic acids is 3. The second-order valence-corrected chi connectivity index (χ2v) is 5.41. The standard InChI is InChI=1S/C18H15NO7/c20-16(10-15(17(21)22)13-4-2-1-3-5-13)18(23)26-11-12-6-8-14(9-7-12)19(24)25/h1-9,15H,10-11H2,(H,21,22)/p-1. The van der Waals surface area contributed by atoms with E-state index >= 15 is 0 Å². The molecule has 2 rings (SSSR count). The van der Waals surface area contributed by atoms with Crippen molar-refractivity contribution in [2.24, 2.45) is 0 Å². The topological polar surface area (TPSA) is 127 Å². The normalized spacial score (nSPS) is 11.4. The number of esters is 1. The molecule has 2 aromatic rings. The van der Waals surface area contributed by atoms with Crippen LogP contribution in [0.4, 0.5) is 5.69 Å². The number of non-ortho nitro benzene ring substituents is 1. The highest BCUT2D eigenvalue weighted by molar-refractivity contribution is 6.34. The van der Waals surface area contributed by atoms with Gasteiger partial charge in [0.05, 0.1) is 4.92 Å². The van der Waals surface area contributed by atoms with Gasteiger partial charge in [0.2, 0.25) is 5.78 Å². The molecule has 0 saturated heterocycles. The number of aliphatic carboxylic acids is 1. The zero-order chi connectivity index (χ0) is 19.1. The molecule has 0 radical (unpaired) electrons. The Bertz CT molecular complexity index is 815. The fourth-order valence-corrected chi connectivity index (χ4v) is 2.23. The van der Waals surface area contributed by atoms with Crippen LogP contribution in [0.5, 0.6) is 0 Å². The molecule has 2 aromatic carbocycles. The Labute approximate surface area is 148 Å². The van der Waals surface area contributed by atoms with E-state index in [9.17, 15) is 29.6 Å². The number of ketones is 1. The third kappa shape index (κ3) is 4.97. The summed E-state index contributed by atoms with van der Waals surface area (Å²) >= 11 is 0. The number of nitrogens with zero attached hydrogens (tertiary/aromatic N) is 1. The third-order valence-electron chi connectivity index (χ3n) is 3.62. The molecule has 0 spiro atoms. The first kappa shape index (κ1) is 18.8. The van der Waals surface area contributed by atoms with Gasteiger partial charge in [-0.2, -0.15) is 0 Å². The van der Waals surface area contributed by atoms with Gasteiger partial charge in [0, 0.05) is 30.4 Å². The van der Waals surface area contributed by atoms with Crippen molar-refractivity contribution in [3.63, 3.8) is 0 Å². The minimum absolute atomic E-state index is 0.115. The molecule has 0 aliphatic carbocycles. The van der Waals surface area contributed by atoms with Crippen LogP contribution in [0.3, 0.4) is 0 Å². The number of benzene rings is 2. The number of nitro benzene ring substituents is 1. The first-order valence-corrected chi connectivity index (χ1v) is 7.57. The number of ether oxygens (including phenoxy) is 1. The number of carbonyl (C=O) groups is 3. The van der Waals surface area contributed by atoms with Crippen molar-refractivity contribution in [2.45, 2.75) is 18.9 Å². The van der Waals surface area contributed by atoms with Gasteiger partial charge in [0.1, 0.15) is 6.61 Å². The SMILES string of the molecule is O=C(CC(C(=O)[O-])c1ccccc1)C(=O)OCc1ccc([N+](=O)[O-])cc1. The first-order chi connectivity index (χ1) is 12.4. The number of hydrogen-bond acceptors (Lipinski definition) is 7. The molecular formula is C18H14NO7-. The van der Waals surface area contributed by atoms with Crippen LogP contribution in [0.1, 0.15) is 23.5 Å². The summed E-state index contributed by atoms with van der Waals surface area (Å²) in [4.78, 5) is 45.0. The Hall–Kier alpha value is -3.55. The minimum atomic E-state index is -1.47. The lowest BCUT2D eigenvalue weighted by Gasteiger charge is -2.17. The van der Waals surface area contributed by atoms with Crippen LogP contribution in [0.2, 0.25) is 0 Å². The zero-order valence-electron chi connectivity index (χ0n) is 13.5. The summed E-state index contributed by atoms with van der Waals surface area (Å²) in [5.74, 6) is -4.89. The number of carboxylic acid groups (broad SMARTS) is 1. The predicted molar refractivity (Wildman–Crippen MR) is 86.7 cm³/mol. The molecule has 8 heteroatoms. The number of nitro groups is 1. The van der Waals surface area contributed by atoms with Gasteiger partial charge >= 0.3 is 5.97 Å². The maximum Gasteiger partial charge on any atom is 0.374 e. The number of rotatable bonds is 8. The lowest BCUT2D eigenvalue weighted by Crippen LogP contribution is -2.33. The molecule has 1 atom stereocenters. The van der Waals surface area contributed by atoms with Crippen molar-refractivity contribution in [1.82, 2.24) is 0 Å². The van der Waals surface area contributed by atoms with Gasteiger partial charge in [-0.3, -0.25) is 14.9 Å². The van der Waals surface area contributed by atoms with Crippen molar-refractivity contribution in [3.05, 3.63) is 75.8 Å². The average Bonchev–Trinajstić information content (AvgIpc) is 2.64. The zero-order valence-corrected chi connectivity index (χ0v) is 13.5.